The number of carbonyl (C=O) groups excluding carboxylic acids is 1. The number of halogens is 1. The van der Waals surface area contributed by atoms with Gasteiger partial charge in [-0.1, -0.05) is 43.4 Å². The second-order valence-electron chi connectivity index (χ2n) is 6.81. The third kappa shape index (κ3) is 6.82. The summed E-state index contributed by atoms with van der Waals surface area (Å²) in [7, 11) is 1.64. The third-order valence-electron chi connectivity index (χ3n) is 4.98. The predicted molar refractivity (Wildman–Crippen MR) is 130 cm³/mol. The van der Waals surface area contributed by atoms with Crippen LogP contribution in [0.1, 0.15) is 20.3 Å². The minimum atomic E-state index is 0. The van der Waals surface area contributed by atoms with Gasteiger partial charge in [-0.25, -0.2) is 4.98 Å². The van der Waals surface area contributed by atoms with Crippen LogP contribution in [0.25, 0.3) is 10.2 Å². The van der Waals surface area contributed by atoms with E-state index in [2.05, 4.69) is 18.7 Å². The Bertz CT molecular complexity index is 948. The van der Waals surface area contributed by atoms with Gasteiger partial charge in [0.2, 0.25) is 5.91 Å². The SMILES string of the molecule is CCN(CC)CCN(C(=O)CCOc1ccccc1)c1nc2cc(OC)ccc2s1.Cl. The lowest BCUT2D eigenvalue weighted by Crippen LogP contribution is -2.39. The van der Waals surface area contributed by atoms with Crippen LogP contribution in [0.5, 0.6) is 11.5 Å². The summed E-state index contributed by atoms with van der Waals surface area (Å²) in [6.07, 6.45) is 0.298. The standard InChI is InChI=1S/C23H29N3O3S.ClH/c1-4-25(5-2)14-15-26(22(27)13-16-29-18-9-7-6-8-10-18)23-24-20-17-19(28-3)11-12-21(20)30-23;/h6-12,17H,4-5,13-16H2,1-3H3;1H. The van der Waals surface area contributed by atoms with E-state index in [1.165, 1.54) is 11.3 Å². The van der Waals surface area contributed by atoms with Crippen molar-refractivity contribution in [1.29, 1.82) is 0 Å². The first-order valence-electron chi connectivity index (χ1n) is 10.3. The molecule has 0 aliphatic heterocycles. The van der Waals surface area contributed by atoms with E-state index in [-0.39, 0.29) is 18.3 Å². The van der Waals surface area contributed by atoms with Gasteiger partial charge in [0.05, 0.1) is 30.4 Å². The molecule has 0 aliphatic rings. The summed E-state index contributed by atoms with van der Waals surface area (Å²) in [6, 6.07) is 15.4. The van der Waals surface area contributed by atoms with Crippen molar-refractivity contribution >= 4 is 45.0 Å². The van der Waals surface area contributed by atoms with Gasteiger partial charge in [-0.3, -0.25) is 9.69 Å². The van der Waals surface area contributed by atoms with Gasteiger partial charge in [-0.2, -0.15) is 0 Å². The van der Waals surface area contributed by atoms with E-state index in [9.17, 15) is 4.79 Å². The first-order chi connectivity index (χ1) is 14.6. The number of ether oxygens (including phenoxy) is 2. The summed E-state index contributed by atoms with van der Waals surface area (Å²) in [5.74, 6) is 1.55. The number of aromatic nitrogens is 1. The number of benzene rings is 2. The molecular formula is C23H30ClN3O3S. The number of rotatable bonds is 11. The van der Waals surface area contributed by atoms with Crippen LogP contribution in [-0.2, 0) is 4.79 Å². The zero-order valence-electron chi connectivity index (χ0n) is 18.2. The average molecular weight is 464 g/mol. The maximum absolute atomic E-state index is 13.1. The summed E-state index contributed by atoms with van der Waals surface area (Å²) in [5.41, 5.74) is 0.843. The lowest BCUT2D eigenvalue weighted by molar-refractivity contribution is -0.119. The van der Waals surface area contributed by atoms with E-state index in [0.29, 0.717) is 19.6 Å². The Morgan fingerprint density at radius 1 is 1.03 bits per heavy atom. The Balaban J connectivity index is 0.00000341. The number of nitrogens with zero attached hydrogens (tertiary/aromatic N) is 3. The number of carbonyl (C=O) groups is 1. The van der Waals surface area contributed by atoms with Crippen LogP contribution in [0.15, 0.2) is 48.5 Å². The van der Waals surface area contributed by atoms with Gasteiger partial charge in [0.15, 0.2) is 5.13 Å². The first kappa shape index (κ1) is 24.9. The molecule has 0 saturated heterocycles. The highest BCUT2D eigenvalue weighted by atomic mass is 35.5. The van der Waals surface area contributed by atoms with E-state index in [1.54, 1.807) is 12.0 Å². The molecule has 3 aromatic rings. The molecule has 0 N–H and O–H groups in total. The van der Waals surface area contributed by atoms with E-state index in [4.69, 9.17) is 14.5 Å². The van der Waals surface area contributed by atoms with Crippen molar-refractivity contribution in [1.82, 2.24) is 9.88 Å². The summed E-state index contributed by atoms with van der Waals surface area (Å²) < 4.78 is 12.1. The molecule has 3 rings (SSSR count). The van der Waals surface area contributed by atoms with Crippen molar-refractivity contribution in [2.24, 2.45) is 0 Å². The van der Waals surface area contributed by atoms with Crippen LogP contribution in [0, 0.1) is 0 Å². The lowest BCUT2D eigenvalue weighted by Gasteiger charge is -2.24. The molecule has 0 bridgehead atoms. The number of anilines is 1. The minimum Gasteiger partial charge on any atom is -0.497 e. The zero-order valence-corrected chi connectivity index (χ0v) is 19.9. The third-order valence-corrected chi connectivity index (χ3v) is 6.04. The molecule has 0 unspecified atom stereocenters. The van der Waals surface area contributed by atoms with Crippen molar-refractivity contribution < 1.29 is 14.3 Å². The summed E-state index contributed by atoms with van der Waals surface area (Å²) >= 11 is 1.53. The number of likely N-dealkylation sites (N-methyl/N-ethyl adjacent to an activating group) is 1. The molecule has 0 aliphatic carbocycles. The number of fused-ring (bicyclic) bond motifs is 1. The maximum Gasteiger partial charge on any atom is 0.232 e. The maximum atomic E-state index is 13.1. The molecule has 6 nitrogen and oxygen atoms in total. The Morgan fingerprint density at radius 3 is 2.45 bits per heavy atom. The van der Waals surface area contributed by atoms with Crippen molar-refractivity contribution in [3.8, 4) is 11.5 Å². The average Bonchev–Trinajstić information content (AvgIpc) is 3.20. The Kier molecular flexibility index (Phi) is 10.0. The van der Waals surface area contributed by atoms with Crippen LogP contribution < -0.4 is 14.4 Å². The molecule has 0 radical (unpaired) electrons. The second kappa shape index (κ2) is 12.5. The Hall–Kier alpha value is -2.35. The quantitative estimate of drug-likeness (QED) is 0.406. The van der Waals surface area contributed by atoms with Crippen LogP contribution in [0.3, 0.4) is 0 Å². The van der Waals surface area contributed by atoms with Gasteiger partial charge in [0, 0.05) is 19.2 Å². The molecule has 0 saturated carbocycles. The van der Waals surface area contributed by atoms with E-state index < -0.39 is 0 Å². The molecule has 0 spiro atoms. The minimum absolute atomic E-state index is 0. The van der Waals surface area contributed by atoms with Crippen LogP contribution in [0.4, 0.5) is 5.13 Å². The summed E-state index contributed by atoms with van der Waals surface area (Å²) in [5, 5.41) is 0.718. The number of thiazole rings is 1. The first-order valence-corrected chi connectivity index (χ1v) is 11.1. The highest BCUT2D eigenvalue weighted by Crippen LogP contribution is 2.31. The topological polar surface area (TPSA) is 54.9 Å². The molecular weight excluding hydrogens is 434 g/mol. The molecule has 1 heterocycles. The van der Waals surface area contributed by atoms with E-state index in [1.807, 2.05) is 48.5 Å². The highest BCUT2D eigenvalue weighted by Gasteiger charge is 2.20. The number of hydrogen-bond donors (Lipinski definition) is 0. The molecule has 0 fully saturated rings. The van der Waals surface area contributed by atoms with Crippen LogP contribution in [-0.4, -0.2) is 55.7 Å². The molecule has 1 amide bonds. The summed E-state index contributed by atoms with van der Waals surface area (Å²) in [4.78, 5) is 21.9. The van der Waals surface area contributed by atoms with Gasteiger partial charge in [0.1, 0.15) is 11.5 Å². The monoisotopic (exact) mass is 463 g/mol. The van der Waals surface area contributed by atoms with Crippen molar-refractivity contribution in [2.45, 2.75) is 20.3 Å². The smallest absolute Gasteiger partial charge is 0.232 e. The number of para-hydroxylation sites is 1. The number of methoxy groups -OCH3 is 1. The highest BCUT2D eigenvalue weighted by molar-refractivity contribution is 7.22. The molecule has 31 heavy (non-hydrogen) atoms. The van der Waals surface area contributed by atoms with Gasteiger partial charge < -0.3 is 14.4 Å². The largest absolute Gasteiger partial charge is 0.497 e. The van der Waals surface area contributed by atoms with E-state index in [0.717, 1.165) is 46.5 Å². The van der Waals surface area contributed by atoms with Crippen LogP contribution >= 0.6 is 23.7 Å². The van der Waals surface area contributed by atoms with Crippen molar-refractivity contribution in [3.63, 3.8) is 0 Å². The molecule has 8 heteroatoms. The molecule has 0 atom stereocenters. The van der Waals surface area contributed by atoms with Crippen LogP contribution in [0.2, 0.25) is 0 Å². The second-order valence-corrected chi connectivity index (χ2v) is 7.82. The Morgan fingerprint density at radius 2 is 1.77 bits per heavy atom. The van der Waals surface area contributed by atoms with Gasteiger partial charge in [-0.15, -0.1) is 12.4 Å². The fourth-order valence-electron chi connectivity index (χ4n) is 3.15. The Labute approximate surface area is 194 Å². The van der Waals surface area contributed by atoms with Gasteiger partial charge in [-0.05, 0) is 37.4 Å². The zero-order chi connectivity index (χ0) is 21.3. The molecule has 168 valence electrons. The van der Waals surface area contributed by atoms with Gasteiger partial charge >= 0.3 is 0 Å². The lowest BCUT2D eigenvalue weighted by atomic mass is 10.3. The van der Waals surface area contributed by atoms with Crippen molar-refractivity contribution in [2.75, 3.05) is 44.8 Å². The summed E-state index contributed by atoms with van der Waals surface area (Å²) in [6.45, 7) is 7.91. The van der Waals surface area contributed by atoms with Gasteiger partial charge in [0.25, 0.3) is 0 Å². The number of hydrogen-bond acceptors (Lipinski definition) is 6. The fourth-order valence-corrected chi connectivity index (χ4v) is 4.14. The molecule has 2 aromatic carbocycles. The molecule has 1 aromatic heterocycles. The van der Waals surface area contributed by atoms with E-state index >= 15 is 0 Å². The number of amides is 1. The van der Waals surface area contributed by atoms with Crippen molar-refractivity contribution in [3.05, 3.63) is 48.5 Å². The fraction of sp³-hybridized carbons (Fsp3) is 0.391. The predicted octanol–water partition coefficient (Wildman–Crippen LogP) is 4.87. The normalized spacial score (nSPS) is 10.7.